The zero-order valence-corrected chi connectivity index (χ0v) is 10.4. The number of nitrogens with one attached hydrogen (secondary N) is 1. The maximum Gasteiger partial charge on any atom is 0.180 e. The van der Waals surface area contributed by atoms with Crippen LogP contribution in [0.2, 0.25) is 0 Å². The molecule has 3 N–H and O–H groups in total. The number of aromatic nitrogens is 3. The summed E-state index contributed by atoms with van der Waals surface area (Å²) in [7, 11) is 0. The van der Waals surface area contributed by atoms with Gasteiger partial charge in [-0.25, -0.2) is 9.97 Å². The number of fused-ring (bicyclic) bond motifs is 1. The van der Waals surface area contributed by atoms with Crippen LogP contribution in [0.4, 0.5) is 5.82 Å². The molecule has 0 atom stereocenters. The van der Waals surface area contributed by atoms with Crippen LogP contribution in [0.1, 0.15) is 11.1 Å². The van der Waals surface area contributed by atoms with Crippen LogP contribution < -0.4 is 5.73 Å². The van der Waals surface area contributed by atoms with Crippen molar-refractivity contribution in [2.24, 2.45) is 0 Å². The predicted molar refractivity (Wildman–Crippen MR) is 73.2 cm³/mol. The largest absolute Gasteiger partial charge is 0.384 e. The van der Waals surface area contributed by atoms with Gasteiger partial charge < -0.3 is 10.7 Å². The molecule has 0 bridgehead atoms. The normalized spacial score (nSPS) is 11.0. The molecule has 3 rings (SSSR count). The lowest BCUT2D eigenvalue weighted by atomic mass is 10.0. The average molecular weight is 238 g/mol. The molecule has 90 valence electrons. The van der Waals surface area contributed by atoms with Gasteiger partial charge in [0, 0.05) is 5.56 Å². The number of nitrogens with zero attached hydrogens (tertiary/aromatic N) is 2. The minimum absolute atomic E-state index is 0.488. The molecule has 4 nitrogen and oxygen atoms in total. The fourth-order valence-electron chi connectivity index (χ4n) is 2.21. The second kappa shape index (κ2) is 3.84. The highest BCUT2D eigenvalue weighted by Gasteiger charge is 2.10. The molecular formula is C14H14N4. The van der Waals surface area contributed by atoms with E-state index in [1.165, 1.54) is 11.1 Å². The number of aryl methyl sites for hydroxylation is 2. The van der Waals surface area contributed by atoms with Crippen molar-refractivity contribution in [1.82, 2.24) is 15.0 Å². The molecule has 0 spiro atoms. The summed E-state index contributed by atoms with van der Waals surface area (Å²) in [4.78, 5) is 12.0. The lowest BCUT2D eigenvalue weighted by molar-refractivity contribution is 1.26. The van der Waals surface area contributed by atoms with Crippen molar-refractivity contribution in [3.05, 3.63) is 41.5 Å². The Bertz CT molecular complexity index is 707. The number of pyridine rings is 1. The quantitative estimate of drug-likeness (QED) is 0.685. The molecule has 0 aliphatic carbocycles. The Labute approximate surface area is 105 Å². The SMILES string of the molecule is Cc1cccc(C)c1-c1nc2nc(N)ccc2[nH]1. The van der Waals surface area contributed by atoms with Gasteiger partial charge >= 0.3 is 0 Å². The van der Waals surface area contributed by atoms with E-state index in [-0.39, 0.29) is 0 Å². The first-order valence-corrected chi connectivity index (χ1v) is 5.84. The van der Waals surface area contributed by atoms with E-state index in [9.17, 15) is 0 Å². The summed E-state index contributed by atoms with van der Waals surface area (Å²) < 4.78 is 0. The minimum atomic E-state index is 0.488. The van der Waals surface area contributed by atoms with Crippen LogP contribution in [0.3, 0.4) is 0 Å². The monoisotopic (exact) mass is 238 g/mol. The third-order valence-electron chi connectivity index (χ3n) is 3.09. The maximum absolute atomic E-state index is 5.67. The Hall–Kier alpha value is -2.36. The second-order valence-electron chi connectivity index (χ2n) is 4.46. The van der Waals surface area contributed by atoms with Crippen LogP contribution in [0, 0.1) is 13.8 Å². The van der Waals surface area contributed by atoms with E-state index >= 15 is 0 Å². The molecule has 2 aromatic heterocycles. The van der Waals surface area contributed by atoms with E-state index in [4.69, 9.17) is 5.73 Å². The summed E-state index contributed by atoms with van der Waals surface area (Å²) in [5.74, 6) is 1.33. The van der Waals surface area contributed by atoms with Gasteiger partial charge in [0.2, 0.25) is 0 Å². The predicted octanol–water partition coefficient (Wildman–Crippen LogP) is 2.82. The molecule has 3 aromatic rings. The highest BCUT2D eigenvalue weighted by atomic mass is 15.0. The fraction of sp³-hybridized carbons (Fsp3) is 0.143. The fourth-order valence-corrected chi connectivity index (χ4v) is 2.21. The zero-order chi connectivity index (χ0) is 12.7. The molecule has 4 heteroatoms. The lowest BCUT2D eigenvalue weighted by Crippen LogP contribution is -1.89. The van der Waals surface area contributed by atoms with Crippen LogP contribution in [0.25, 0.3) is 22.6 Å². The summed E-state index contributed by atoms with van der Waals surface area (Å²) >= 11 is 0. The molecule has 0 saturated heterocycles. The Kier molecular flexibility index (Phi) is 2.30. The number of nitrogens with two attached hydrogens (primary N) is 1. The van der Waals surface area contributed by atoms with Gasteiger partial charge in [0.15, 0.2) is 5.65 Å². The molecule has 2 heterocycles. The van der Waals surface area contributed by atoms with Crippen molar-refractivity contribution < 1.29 is 0 Å². The van der Waals surface area contributed by atoms with Gasteiger partial charge in [-0.05, 0) is 37.1 Å². The number of imidazole rings is 1. The van der Waals surface area contributed by atoms with E-state index in [1.807, 2.05) is 12.1 Å². The van der Waals surface area contributed by atoms with Crippen molar-refractivity contribution >= 4 is 17.0 Å². The first-order chi connectivity index (χ1) is 8.65. The van der Waals surface area contributed by atoms with E-state index in [1.54, 1.807) is 6.07 Å². The van der Waals surface area contributed by atoms with Crippen molar-refractivity contribution in [1.29, 1.82) is 0 Å². The van der Waals surface area contributed by atoms with Crippen LogP contribution in [-0.2, 0) is 0 Å². The highest BCUT2D eigenvalue weighted by molar-refractivity contribution is 5.78. The summed E-state index contributed by atoms with van der Waals surface area (Å²) in [6.45, 7) is 4.16. The first-order valence-electron chi connectivity index (χ1n) is 5.84. The minimum Gasteiger partial charge on any atom is -0.384 e. The number of hydrogen-bond donors (Lipinski definition) is 2. The Morgan fingerprint density at radius 2 is 1.72 bits per heavy atom. The van der Waals surface area contributed by atoms with Gasteiger partial charge in [-0.15, -0.1) is 0 Å². The number of aromatic amines is 1. The molecule has 0 aliphatic rings. The van der Waals surface area contributed by atoms with E-state index < -0.39 is 0 Å². The standard InChI is InChI=1S/C14H14N4/c1-8-4-3-5-9(2)12(8)14-16-10-6-7-11(15)17-13(10)18-14/h3-7H,1-2H3,(H3,15,16,17,18). The number of anilines is 1. The van der Waals surface area contributed by atoms with Crippen LogP contribution in [-0.4, -0.2) is 15.0 Å². The van der Waals surface area contributed by atoms with Crippen LogP contribution in [0.15, 0.2) is 30.3 Å². The van der Waals surface area contributed by atoms with Gasteiger partial charge in [-0.3, -0.25) is 0 Å². The molecule has 0 amide bonds. The summed E-state index contributed by atoms with van der Waals surface area (Å²) in [5, 5.41) is 0. The van der Waals surface area contributed by atoms with Gasteiger partial charge in [0.05, 0.1) is 5.52 Å². The van der Waals surface area contributed by atoms with Crippen LogP contribution >= 0.6 is 0 Å². The Morgan fingerprint density at radius 3 is 2.44 bits per heavy atom. The third-order valence-corrected chi connectivity index (χ3v) is 3.09. The third kappa shape index (κ3) is 1.62. The molecular weight excluding hydrogens is 224 g/mol. The van der Waals surface area contributed by atoms with E-state index in [0.29, 0.717) is 11.5 Å². The topological polar surface area (TPSA) is 67.6 Å². The smallest absolute Gasteiger partial charge is 0.180 e. The van der Waals surface area contributed by atoms with Crippen molar-refractivity contribution in [2.45, 2.75) is 13.8 Å². The molecule has 1 aromatic carbocycles. The highest BCUT2D eigenvalue weighted by Crippen LogP contribution is 2.26. The van der Waals surface area contributed by atoms with Gasteiger partial charge in [-0.1, -0.05) is 18.2 Å². The molecule has 0 fully saturated rings. The van der Waals surface area contributed by atoms with Crippen molar-refractivity contribution in [3.8, 4) is 11.4 Å². The number of H-pyrrole nitrogens is 1. The number of rotatable bonds is 1. The molecule has 18 heavy (non-hydrogen) atoms. The van der Waals surface area contributed by atoms with E-state index in [2.05, 4.69) is 40.9 Å². The second-order valence-corrected chi connectivity index (χ2v) is 4.46. The molecule has 0 aliphatic heterocycles. The molecule has 0 radical (unpaired) electrons. The van der Waals surface area contributed by atoms with Crippen molar-refractivity contribution in [2.75, 3.05) is 5.73 Å². The average Bonchev–Trinajstić information content (AvgIpc) is 2.71. The molecule has 0 unspecified atom stereocenters. The number of benzene rings is 1. The van der Waals surface area contributed by atoms with Gasteiger partial charge in [0.1, 0.15) is 11.6 Å². The first kappa shape index (κ1) is 10.8. The van der Waals surface area contributed by atoms with E-state index in [0.717, 1.165) is 16.9 Å². The molecule has 0 saturated carbocycles. The summed E-state index contributed by atoms with van der Waals surface area (Å²) in [6.07, 6.45) is 0. The Morgan fingerprint density at radius 1 is 1.00 bits per heavy atom. The lowest BCUT2D eigenvalue weighted by Gasteiger charge is -2.05. The van der Waals surface area contributed by atoms with Crippen LogP contribution in [0.5, 0.6) is 0 Å². The van der Waals surface area contributed by atoms with Gasteiger partial charge in [0.25, 0.3) is 0 Å². The number of nitrogen functional groups attached to an aromatic ring is 1. The summed E-state index contributed by atoms with van der Waals surface area (Å²) in [5.41, 5.74) is 10.8. The van der Waals surface area contributed by atoms with Crippen molar-refractivity contribution in [3.63, 3.8) is 0 Å². The number of hydrogen-bond acceptors (Lipinski definition) is 3. The summed E-state index contributed by atoms with van der Waals surface area (Å²) in [6, 6.07) is 9.89. The Balaban J connectivity index is 2.26. The maximum atomic E-state index is 5.67. The van der Waals surface area contributed by atoms with Gasteiger partial charge in [-0.2, -0.15) is 0 Å². The zero-order valence-electron chi connectivity index (χ0n) is 10.4.